The molecule has 0 unspecified atom stereocenters. The third-order valence-corrected chi connectivity index (χ3v) is 4.35. The van der Waals surface area contributed by atoms with Gasteiger partial charge in [0.25, 0.3) is 0 Å². The Bertz CT molecular complexity index is 976. The summed E-state index contributed by atoms with van der Waals surface area (Å²) in [5, 5.41) is 0.338. The second-order valence-electron chi connectivity index (χ2n) is 6.33. The number of hydrogen-bond acceptors (Lipinski definition) is 0. The van der Waals surface area contributed by atoms with Gasteiger partial charge in [-0.05, 0) is 54.1 Å². The molecule has 0 aliphatic carbocycles. The number of unbranched alkanes of at least 4 members (excludes halogenated alkanes) is 2. The van der Waals surface area contributed by atoms with Crippen molar-refractivity contribution >= 4 is 10.8 Å². The Labute approximate surface area is 151 Å². The quantitative estimate of drug-likeness (QED) is 0.290. The minimum atomic E-state index is -1.45. The van der Waals surface area contributed by atoms with Crippen LogP contribution in [0, 0.1) is 29.3 Å². The van der Waals surface area contributed by atoms with Gasteiger partial charge in [-0.3, -0.25) is 0 Å². The van der Waals surface area contributed by atoms with Crippen molar-refractivity contribution in [3.8, 4) is 11.8 Å². The van der Waals surface area contributed by atoms with E-state index in [4.69, 9.17) is 0 Å². The highest BCUT2D eigenvalue weighted by molar-refractivity contribution is 5.84. The third kappa shape index (κ3) is 4.08. The lowest BCUT2D eigenvalue weighted by molar-refractivity contribution is 0.453. The molecule has 0 saturated heterocycles. The molecule has 26 heavy (non-hydrogen) atoms. The van der Waals surface area contributed by atoms with Gasteiger partial charge >= 0.3 is 0 Å². The number of aryl methyl sites for hydroxylation is 1. The Hall–Kier alpha value is -2.73. The number of hydrogen-bond donors (Lipinski definition) is 0. The molecule has 0 radical (unpaired) electrons. The number of halogens is 3. The SMILES string of the molecule is CCCCCc1ccc(C#Cc2ccc3c(F)c(F)c(F)cc3c2)cc1. The molecular formula is C23H19F3. The van der Waals surface area contributed by atoms with E-state index in [0.29, 0.717) is 10.9 Å². The molecule has 0 spiro atoms. The van der Waals surface area contributed by atoms with Crippen molar-refractivity contribution in [1.82, 2.24) is 0 Å². The monoisotopic (exact) mass is 352 g/mol. The molecule has 0 nitrogen and oxygen atoms in total. The zero-order valence-corrected chi connectivity index (χ0v) is 14.6. The number of benzene rings is 3. The van der Waals surface area contributed by atoms with E-state index in [0.717, 1.165) is 18.1 Å². The highest BCUT2D eigenvalue weighted by atomic mass is 19.2. The standard InChI is InChI=1S/C23H19F3/c1-2-3-4-5-16-6-8-17(9-7-16)10-11-18-12-13-20-19(14-18)15-21(24)23(26)22(20)25/h6-9,12-15H,2-5H2,1H3. The molecule has 3 aromatic rings. The maximum atomic E-state index is 13.7. The summed E-state index contributed by atoms with van der Waals surface area (Å²) in [5.74, 6) is 2.23. The van der Waals surface area contributed by atoms with Crippen LogP contribution in [-0.2, 0) is 6.42 Å². The zero-order valence-electron chi connectivity index (χ0n) is 14.6. The molecule has 0 amide bonds. The highest BCUT2D eigenvalue weighted by Gasteiger charge is 2.13. The van der Waals surface area contributed by atoms with E-state index in [-0.39, 0.29) is 5.39 Å². The van der Waals surface area contributed by atoms with Crippen LogP contribution >= 0.6 is 0 Å². The second-order valence-corrected chi connectivity index (χ2v) is 6.33. The van der Waals surface area contributed by atoms with Gasteiger partial charge in [-0.25, -0.2) is 13.2 Å². The molecule has 3 heteroatoms. The van der Waals surface area contributed by atoms with E-state index in [1.165, 1.54) is 30.9 Å². The van der Waals surface area contributed by atoms with E-state index in [1.54, 1.807) is 12.1 Å². The molecule has 0 aliphatic rings. The largest absolute Gasteiger partial charge is 0.204 e. The first-order valence-corrected chi connectivity index (χ1v) is 8.76. The van der Waals surface area contributed by atoms with Crippen LogP contribution < -0.4 is 0 Å². The van der Waals surface area contributed by atoms with Gasteiger partial charge in [0.15, 0.2) is 17.5 Å². The molecule has 0 saturated carbocycles. The summed E-state index contributed by atoms with van der Waals surface area (Å²) in [6.07, 6.45) is 4.69. The highest BCUT2D eigenvalue weighted by Crippen LogP contribution is 2.23. The molecule has 3 rings (SSSR count). The smallest absolute Gasteiger partial charge is 0.195 e. The second kappa shape index (κ2) is 8.10. The van der Waals surface area contributed by atoms with Crippen LogP contribution in [0.1, 0.15) is 42.9 Å². The minimum Gasteiger partial charge on any atom is -0.204 e. The van der Waals surface area contributed by atoms with Crippen molar-refractivity contribution in [3.63, 3.8) is 0 Å². The number of rotatable bonds is 4. The minimum absolute atomic E-state index is 0.0471. The van der Waals surface area contributed by atoms with Crippen LogP contribution in [0.2, 0.25) is 0 Å². The van der Waals surface area contributed by atoms with E-state index in [1.807, 2.05) is 12.1 Å². The molecule has 0 fully saturated rings. The Kier molecular flexibility index (Phi) is 5.63. The molecule has 0 aromatic heterocycles. The Balaban J connectivity index is 1.80. The first-order chi connectivity index (χ1) is 12.6. The fourth-order valence-electron chi connectivity index (χ4n) is 2.86. The summed E-state index contributed by atoms with van der Waals surface area (Å²) in [6.45, 7) is 2.19. The summed E-state index contributed by atoms with van der Waals surface area (Å²) in [7, 11) is 0. The van der Waals surface area contributed by atoms with E-state index >= 15 is 0 Å². The van der Waals surface area contributed by atoms with Gasteiger partial charge in [0, 0.05) is 16.5 Å². The molecule has 0 bridgehead atoms. The fraction of sp³-hybridized carbons (Fsp3) is 0.217. The van der Waals surface area contributed by atoms with Crippen molar-refractivity contribution in [1.29, 1.82) is 0 Å². The summed E-state index contributed by atoms with van der Waals surface area (Å²) in [6, 6.07) is 13.7. The lowest BCUT2D eigenvalue weighted by Gasteiger charge is -2.03. The fourth-order valence-corrected chi connectivity index (χ4v) is 2.86. The van der Waals surface area contributed by atoms with E-state index in [9.17, 15) is 13.2 Å². The summed E-state index contributed by atoms with van der Waals surface area (Å²) in [4.78, 5) is 0. The predicted molar refractivity (Wildman–Crippen MR) is 99.5 cm³/mol. The van der Waals surface area contributed by atoms with Gasteiger partial charge in [0.1, 0.15) is 0 Å². The van der Waals surface area contributed by atoms with Crippen LogP contribution in [0.5, 0.6) is 0 Å². The lowest BCUT2D eigenvalue weighted by atomic mass is 10.0. The average molecular weight is 352 g/mol. The van der Waals surface area contributed by atoms with Gasteiger partial charge in [0.05, 0.1) is 0 Å². The Morgan fingerprint density at radius 1 is 0.769 bits per heavy atom. The maximum Gasteiger partial charge on any atom is 0.195 e. The summed E-state index contributed by atoms with van der Waals surface area (Å²) in [5.41, 5.74) is 2.79. The molecule has 0 aliphatic heterocycles. The van der Waals surface area contributed by atoms with Crippen LogP contribution in [-0.4, -0.2) is 0 Å². The molecule has 0 N–H and O–H groups in total. The van der Waals surface area contributed by atoms with Crippen LogP contribution in [0.3, 0.4) is 0 Å². The van der Waals surface area contributed by atoms with E-state index < -0.39 is 17.5 Å². The predicted octanol–water partition coefficient (Wildman–Crippen LogP) is 6.39. The molecule has 0 heterocycles. The molecule has 0 atom stereocenters. The van der Waals surface area contributed by atoms with Crippen molar-refractivity contribution in [2.75, 3.05) is 0 Å². The average Bonchev–Trinajstić information content (AvgIpc) is 2.65. The maximum absolute atomic E-state index is 13.7. The topological polar surface area (TPSA) is 0 Å². The van der Waals surface area contributed by atoms with Crippen molar-refractivity contribution in [2.24, 2.45) is 0 Å². The third-order valence-electron chi connectivity index (χ3n) is 4.35. The molecular weight excluding hydrogens is 333 g/mol. The van der Waals surface area contributed by atoms with Gasteiger partial charge in [-0.1, -0.05) is 49.8 Å². The molecule has 3 aromatic carbocycles. The van der Waals surface area contributed by atoms with Crippen molar-refractivity contribution < 1.29 is 13.2 Å². The Morgan fingerprint density at radius 3 is 2.19 bits per heavy atom. The first kappa shape index (κ1) is 18.1. The van der Waals surface area contributed by atoms with E-state index in [2.05, 4.69) is 30.9 Å². The summed E-state index contributed by atoms with van der Waals surface area (Å²) >= 11 is 0. The van der Waals surface area contributed by atoms with Gasteiger partial charge < -0.3 is 0 Å². The first-order valence-electron chi connectivity index (χ1n) is 8.76. The van der Waals surface area contributed by atoms with Crippen LogP contribution in [0.4, 0.5) is 13.2 Å². The van der Waals surface area contributed by atoms with Crippen molar-refractivity contribution in [2.45, 2.75) is 32.6 Å². The van der Waals surface area contributed by atoms with Crippen LogP contribution in [0.15, 0.2) is 48.5 Å². The van der Waals surface area contributed by atoms with Crippen LogP contribution in [0.25, 0.3) is 10.8 Å². The van der Waals surface area contributed by atoms with Gasteiger partial charge in [0.2, 0.25) is 0 Å². The van der Waals surface area contributed by atoms with Gasteiger partial charge in [-0.2, -0.15) is 0 Å². The Morgan fingerprint density at radius 2 is 1.46 bits per heavy atom. The normalized spacial score (nSPS) is 10.6. The zero-order chi connectivity index (χ0) is 18.5. The van der Waals surface area contributed by atoms with Crippen molar-refractivity contribution in [3.05, 3.63) is 82.7 Å². The summed E-state index contributed by atoms with van der Waals surface area (Å²) < 4.78 is 40.4. The van der Waals surface area contributed by atoms with Gasteiger partial charge in [-0.15, -0.1) is 0 Å². The lowest BCUT2D eigenvalue weighted by Crippen LogP contribution is -1.92. The molecule has 132 valence electrons. The number of fused-ring (bicyclic) bond motifs is 1.